The summed E-state index contributed by atoms with van der Waals surface area (Å²) < 4.78 is 0. The Hall–Kier alpha value is -1.35. The maximum absolute atomic E-state index is 12.3. The van der Waals surface area contributed by atoms with Gasteiger partial charge in [0.05, 0.1) is 4.91 Å². The summed E-state index contributed by atoms with van der Waals surface area (Å²) in [5, 5.41) is 0. The van der Waals surface area contributed by atoms with Crippen molar-refractivity contribution in [3.8, 4) is 0 Å². The fourth-order valence-corrected chi connectivity index (χ4v) is 3.29. The highest BCUT2D eigenvalue weighted by molar-refractivity contribution is 8.04. The first-order chi connectivity index (χ1) is 9.74. The number of rotatable bonds is 7. The van der Waals surface area contributed by atoms with Crippen LogP contribution in [-0.2, 0) is 0 Å². The van der Waals surface area contributed by atoms with Crippen molar-refractivity contribution in [3.05, 3.63) is 46.4 Å². The zero-order valence-electron chi connectivity index (χ0n) is 11.9. The largest absolute Gasteiger partial charge is 0.289 e. The second kappa shape index (κ2) is 7.44. The molecule has 0 saturated carbocycles. The van der Waals surface area contributed by atoms with Crippen LogP contribution in [0.15, 0.2) is 35.2 Å². The van der Waals surface area contributed by atoms with E-state index >= 15 is 0 Å². The van der Waals surface area contributed by atoms with Gasteiger partial charge < -0.3 is 0 Å². The van der Waals surface area contributed by atoms with E-state index in [1.54, 1.807) is 18.2 Å². The average molecular weight is 288 g/mol. The number of carbonyl (C=O) groups is 2. The van der Waals surface area contributed by atoms with Gasteiger partial charge in [-0.1, -0.05) is 56.9 Å². The van der Waals surface area contributed by atoms with E-state index in [-0.39, 0.29) is 11.6 Å². The van der Waals surface area contributed by atoms with Gasteiger partial charge in [0.15, 0.2) is 11.6 Å². The highest BCUT2D eigenvalue weighted by Gasteiger charge is 2.24. The van der Waals surface area contributed by atoms with Crippen LogP contribution in [0.4, 0.5) is 0 Å². The second-order valence-electron chi connectivity index (χ2n) is 5.01. The summed E-state index contributed by atoms with van der Waals surface area (Å²) in [7, 11) is 0. The minimum Gasteiger partial charge on any atom is -0.289 e. The number of carbonyl (C=O) groups excluding carboxylic acids is 2. The van der Waals surface area contributed by atoms with Crippen LogP contribution in [0, 0.1) is 0 Å². The van der Waals surface area contributed by atoms with Crippen LogP contribution in [0.25, 0.3) is 0 Å². The number of hydrogen-bond acceptors (Lipinski definition) is 3. The molecule has 0 aliphatic heterocycles. The van der Waals surface area contributed by atoms with E-state index in [9.17, 15) is 9.59 Å². The lowest BCUT2D eigenvalue weighted by atomic mass is 9.95. The molecule has 2 rings (SSSR count). The molecule has 0 fully saturated rings. The lowest BCUT2D eigenvalue weighted by Gasteiger charge is -2.14. The molecule has 0 bridgehead atoms. The van der Waals surface area contributed by atoms with Gasteiger partial charge in [0.2, 0.25) is 0 Å². The molecule has 0 aromatic heterocycles. The van der Waals surface area contributed by atoms with Crippen molar-refractivity contribution >= 4 is 23.3 Å². The number of unbranched alkanes of at least 4 members (excludes halogenated alkanes) is 4. The minimum absolute atomic E-state index is 0.00115. The Labute approximate surface area is 124 Å². The van der Waals surface area contributed by atoms with Crippen LogP contribution in [-0.4, -0.2) is 17.3 Å². The first kappa shape index (κ1) is 15.0. The molecule has 1 aliphatic rings. The third-order valence-corrected chi connectivity index (χ3v) is 4.54. The topological polar surface area (TPSA) is 34.1 Å². The van der Waals surface area contributed by atoms with Crippen molar-refractivity contribution in [1.29, 1.82) is 0 Å². The van der Waals surface area contributed by atoms with Crippen molar-refractivity contribution in [3.63, 3.8) is 0 Å². The first-order valence-electron chi connectivity index (χ1n) is 7.26. The molecule has 0 N–H and O–H groups in total. The lowest BCUT2D eigenvalue weighted by Crippen LogP contribution is -2.15. The Balaban J connectivity index is 1.91. The van der Waals surface area contributed by atoms with E-state index in [2.05, 4.69) is 6.92 Å². The van der Waals surface area contributed by atoms with Gasteiger partial charge in [0.25, 0.3) is 0 Å². The molecule has 0 heterocycles. The third-order valence-electron chi connectivity index (χ3n) is 3.43. The molecule has 0 spiro atoms. The molecular formula is C17H20O2S. The molecule has 2 nitrogen and oxygen atoms in total. The van der Waals surface area contributed by atoms with E-state index in [4.69, 9.17) is 0 Å². The molecule has 106 valence electrons. The Morgan fingerprint density at radius 3 is 2.40 bits per heavy atom. The van der Waals surface area contributed by atoms with E-state index in [0.717, 1.165) is 12.2 Å². The second-order valence-corrected chi connectivity index (χ2v) is 6.15. The summed E-state index contributed by atoms with van der Waals surface area (Å²) in [6.45, 7) is 2.20. The number of ketones is 2. The maximum atomic E-state index is 12.3. The molecule has 20 heavy (non-hydrogen) atoms. The molecule has 0 amide bonds. The number of benzene rings is 1. The zero-order chi connectivity index (χ0) is 14.4. The predicted molar refractivity (Wildman–Crippen MR) is 84.4 cm³/mol. The molecule has 1 aliphatic carbocycles. The van der Waals surface area contributed by atoms with E-state index in [1.807, 2.05) is 6.07 Å². The molecule has 3 heteroatoms. The third kappa shape index (κ3) is 3.60. The van der Waals surface area contributed by atoms with Crippen molar-refractivity contribution in [1.82, 2.24) is 0 Å². The van der Waals surface area contributed by atoms with Gasteiger partial charge >= 0.3 is 0 Å². The van der Waals surface area contributed by atoms with Crippen LogP contribution in [0.3, 0.4) is 0 Å². The summed E-state index contributed by atoms with van der Waals surface area (Å²) in [4.78, 5) is 24.9. The van der Waals surface area contributed by atoms with Crippen molar-refractivity contribution in [2.75, 3.05) is 5.75 Å². The van der Waals surface area contributed by atoms with Gasteiger partial charge in [-0.2, -0.15) is 0 Å². The summed E-state index contributed by atoms with van der Waals surface area (Å²) >= 11 is 1.52. The molecule has 1 aromatic carbocycles. The van der Waals surface area contributed by atoms with Gasteiger partial charge in [-0.25, -0.2) is 0 Å². The summed E-state index contributed by atoms with van der Waals surface area (Å²) in [6, 6.07) is 7.06. The number of fused-ring (bicyclic) bond motifs is 1. The molecular weight excluding hydrogens is 268 g/mol. The average Bonchev–Trinajstić information content (AvgIpc) is 2.47. The molecule has 0 saturated heterocycles. The summed E-state index contributed by atoms with van der Waals surface area (Å²) in [5.41, 5.74) is 1.08. The van der Waals surface area contributed by atoms with Gasteiger partial charge in [0.1, 0.15) is 0 Å². The number of hydrogen-bond donors (Lipinski definition) is 0. The van der Waals surface area contributed by atoms with Gasteiger partial charge in [-0.05, 0) is 12.2 Å². The fourth-order valence-electron chi connectivity index (χ4n) is 2.29. The molecule has 0 radical (unpaired) electrons. The van der Waals surface area contributed by atoms with Crippen molar-refractivity contribution in [2.24, 2.45) is 0 Å². The summed E-state index contributed by atoms with van der Waals surface area (Å²) in [6.07, 6.45) is 7.57. The van der Waals surface area contributed by atoms with Crippen LogP contribution in [0.5, 0.6) is 0 Å². The smallest absolute Gasteiger partial charge is 0.200 e. The van der Waals surface area contributed by atoms with Crippen molar-refractivity contribution in [2.45, 2.75) is 39.0 Å². The van der Waals surface area contributed by atoms with Crippen LogP contribution in [0.2, 0.25) is 0 Å². The van der Waals surface area contributed by atoms with Crippen LogP contribution < -0.4 is 0 Å². The number of allylic oxidation sites excluding steroid dienone is 2. The van der Waals surface area contributed by atoms with Gasteiger partial charge in [0, 0.05) is 17.2 Å². The quantitative estimate of drug-likeness (QED) is 0.685. The predicted octanol–water partition coefficient (Wildman–Crippen LogP) is 4.65. The van der Waals surface area contributed by atoms with E-state index in [1.165, 1.54) is 43.5 Å². The number of thioether (sulfide) groups is 1. The Bertz CT molecular complexity index is 532. The van der Waals surface area contributed by atoms with Crippen LogP contribution in [0.1, 0.15) is 59.7 Å². The highest BCUT2D eigenvalue weighted by atomic mass is 32.2. The Morgan fingerprint density at radius 2 is 1.65 bits per heavy atom. The van der Waals surface area contributed by atoms with E-state index in [0.29, 0.717) is 16.0 Å². The lowest BCUT2D eigenvalue weighted by molar-refractivity contribution is 0.0991. The molecule has 0 atom stereocenters. The molecule has 0 unspecified atom stereocenters. The Kier molecular flexibility index (Phi) is 5.60. The normalized spacial score (nSPS) is 14.2. The Morgan fingerprint density at radius 1 is 0.950 bits per heavy atom. The monoisotopic (exact) mass is 288 g/mol. The van der Waals surface area contributed by atoms with Crippen LogP contribution >= 0.6 is 11.8 Å². The molecule has 1 aromatic rings. The maximum Gasteiger partial charge on any atom is 0.200 e. The van der Waals surface area contributed by atoms with Gasteiger partial charge in [-0.3, -0.25) is 9.59 Å². The SMILES string of the molecule is CCCCCCCSC1=CC(=O)c2ccccc2C1=O. The summed E-state index contributed by atoms with van der Waals surface area (Å²) in [5.74, 6) is 0.865. The highest BCUT2D eigenvalue weighted by Crippen LogP contribution is 2.28. The minimum atomic E-state index is -0.0475. The standard InChI is InChI=1S/C17H20O2S/c1-2-3-4-5-8-11-20-16-12-15(18)13-9-6-7-10-14(13)17(16)19/h6-7,9-10,12H,2-5,8,11H2,1H3. The first-order valence-corrected chi connectivity index (χ1v) is 8.25. The van der Waals surface area contributed by atoms with Gasteiger partial charge in [-0.15, -0.1) is 11.8 Å². The fraction of sp³-hybridized carbons (Fsp3) is 0.412. The zero-order valence-corrected chi connectivity index (χ0v) is 12.7. The number of Topliss-reactive ketones (excluding diaryl/α,β-unsaturated/α-hetero) is 1. The van der Waals surface area contributed by atoms with Crippen molar-refractivity contribution < 1.29 is 9.59 Å². The van der Waals surface area contributed by atoms with E-state index < -0.39 is 0 Å².